The van der Waals surface area contributed by atoms with E-state index in [0.717, 1.165) is 11.1 Å². The number of rotatable bonds is 4. The van der Waals surface area contributed by atoms with Crippen LogP contribution in [0.3, 0.4) is 0 Å². The van der Waals surface area contributed by atoms with Crippen molar-refractivity contribution in [2.24, 2.45) is 20.4 Å². The molecule has 2 aromatic rings. The standard InChI is InChI=1S/C17H15IN4O2/c1-24-15-8-11(7-13(18)17(15)23)10-19-21-16-9-14(20-22-16)12-5-3-2-4-6-12/h2-8,10,14,23H,9H2,1H3/b19-10+,21-16-. The van der Waals surface area contributed by atoms with Crippen molar-refractivity contribution in [2.75, 3.05) is 7.11 Å². The molecule has 0 saturated heterocycles. The third kappa shape index (κ3) is 3.78. The fourth-order valence-corrected chi connectivity index (χ4v) is 2.92. The van der Waals surface area contributed by atoms with Crippen molar-refractivity contribution in [1.82, 2.24) is 0 Å². The Morgan fingerprint density at radius 2 is 2.08 bits per heavy atom. The molecule has 122 valence electrons. The number of ether oxygens (including phenoxy) is 1. The second-order valence-electron chi connectivity index (χ2n) is 5.16. The number of phenolic OH excluding ortho intramolecular Hbond substituents is 1. The summed E-state index contributed by atoms with van der Waals surface area (Å²) in [5.74, 6) is 1.12. The van der Waals surface area contributed by atoms with Crippen LogP contribution in [0.2, 0.25) is 0 Å². The number of amidine groups is 1. The van der Waals surface area contributed by atoms with Gasteiger partial charge in [-0.05, 0) is 45.9 Å². The normalized spacial score (nSPS) is 18.6. The highest BCUT2D eigenvalue weighted by atomic mass is 127. The maximum atomic E-state index is 9.83. The van der Waals surface area contributed by atoms with E-state index in [9.17, 15) is 5.11 Å². The highest BCUT2D eigenvalue weighted by Gasteiger charge is 2.19. The van der Waals surface area contributed by atoms with Crippen LogP contribution in [0.15, 0.2) is 62.9 Å². The monoisotopic (exact) mass is 434 g/mol. The second-order valence-corrected chi connectivity index (χ2v) is 6.32. The molecule has 0 amide bonds. The van der Waals surface area contributed by atoms with E-state index in [0.29, 0.717) is 21.6 Å². The molecule has 0 bridgehead atoms. The quantitative estimate of drug-likeness (QED) is 0.442. The number of azo groups is 1. The van der Waals surface area contributed by atoms with E-state index in [4.69, 9.17) is 4.74 Å². The molecule has 0 radical (unpaired) electrons. The summed E-state index contributed by atoms with van der Waals surface area (Å²) >= 11 is 2.04. The summed E-state index contributed by atoms with van der Waals surface area (Å²) in [6.07, 6.45) is 2.24. The van der Waals surface area contributed by atoms with E-state index in [-0.39, 0.29) is 11.8 Å². The summed E-state index contributed by atoms with van der Waals surface area (Å²) in [6, 6.07) is 13.5. The van der Waals surface area contributed by atoms with Crippen LogP contribution in [0.25, 0.3) is 0 Å². The van der Waals surface area contributed by atoms with Crippen molar-refractivity contribution < 1.29 is 9.84 Å². The summed E-state index contributed by atoms with van der Waals surface area (Å²) in [5.41, 5.74) is 1.90. The molecule has 1 aliphatic heterocycles. The molecule has 1 aliphatic rings. The first-order valence-corrected chi connectivity index (χ1v) is 8.37. The zero-order chi connectivity index (χ0) is 16.9. The Bertz CT molecular complexity index is 819. The number of benzene rings is 2. The van der Waals surface area contributed by atoms with Crippen LogP contribution in [0.5, 0.6) is 11.5 Å². The Hall–Kier alpha value is -2.29. The molecular weight excluding hydrogens is 419 g/mol. The summed E-state index contributed by atoms with van der Waals surface area (Å²) < 4.78 is 5.81. The molecule has 0 aliphatic carbocycles. The van der Waals surface area contributed by atoms with E-state index >= 15 is 0 Å². The van der Waals surface area contributed by atoms with Gasteiger partial charge in [0.2, 0.25) is 0 Å². The average Bonchev–Trinajstić information content (AvgIpc) is 3.07. The van der Waals surface area contributed by atoms with Crippen LogP contribution in [-0.4, -0.2) is 24.3 Å². The highest BCUT2D eigenvalue weighted by Crippen LogP contribution is 2.32. The van der Waals surface area contributed by atoms with E-state index in [1.54, 1.807) is 18.3 Å². The Balaban J connectivity index is 1.70. The first-order chi connectivity index (χ1) is 11.7. The van der Waals surface area contributed by atoms with Crippen molar-refractivity contribution in [3.63, 3.8) is 0 Å². The third-order valence-corrected chi connectivity index (χ3v) is 4.35. The van der Waals surface area contributed by atoms with E-state index in [2.05, 4.69) is 20.4 Å². The molecule has 1 N–H and O–H groups in total. The number of hydrogen-bond donors (Lipinski definition) is 1. The molecule has 0 saturated carbocycles. The van der Waals surface area contributed by atoms with Crippen molar-refractivity contribution in [2.45, 2.75) is 12.5 Å². The van der Waals surface area contributed by atoms with Crippen molar-refractivity contribution in [1.29, 1.82) is 0 Å². The second kappa shape index (κ2) is 7.52. The molecule has 7 heteroatoms. The molecule has 1 atom stereocenters. The Kier molecular flexibility index (Phi) is 5.19. The van der Waals surface area contributed by atoms with Crippen LogP contribution in [0, 0.1) is 3.57 Å². The van der Waals surface area contributed by atoms with Gasteiger partial charge in [0.05, 0.1) is 16.9 Å². The summed E-state index contributed by atoms with van der Waals surface area (Å²) in [5, 5.41) is 26.3. The van der Waals surface area contributed by atoms with Gasteiger partial charge >= 0.3 is 0 Å². The van der Waals surface area contributed by atoms with Gasteiger partial charge in [-0.25, -0.2) is 0 Å². The van der Waals surface area contributed by atoms with Gasteiger partial charge in [-0.1, -0.05) is 30.3 Å². The Labute approximate surface area is 153 Å². The molecule has 3 rings (SSSR count). The van der Waals surface area contributed by atoms with Gasteiger partial charge in [0.1, 0.15) is 6.04 Å². The maximum Gasteiger partial charge on any atom is 0.175 e. The first kappa shape index (κ1) is 16.6. The van der Waals surface area contributed by atoms with Crippen LogP contribution < -0.4 is 4.74 Å². The van der Waals surface area contributed by atoms with Gasteiger partial charge in [0.15, 0.2) is 17.3 Å². The van der Waals surface area contributed by atoms with Gasteiger partial charge in [0.25, 0.3) is 0 Å². The van der Waals surface area contributed by atoms with Crippen LogP contribution in [-0.2, 0) is 0 Å². The molecule has 0 fully saturated rings. The molecule has 24 heavy (non-hydrogen) atoms. The lowest BCUT2D eigenvalue weighted by Crippen LogP contribution is -1.95. The van der Waals surface area contributed by atoms with Crippen molar-refractivity contribution in [3.8, 4) is 11.5 Å². The van der Waals surface area contributed by atoms with E-state index in [1.807, 2.05) is 52.9 Å². The minimum absolute atomic E-state index is 0.00913. The zero-order valence-corrected chi connectivity index (χ0v) is 15.1. The van der Waals surface area contributed by atoms with Crippen molar-refractivity contribution in [3.05, 3.63) is 57.2 Å². The fraction of sp³-hybridized carbons (Fsp3) is 0.176. The zero-order valence-electron chi connectivity index (χ0n) is 12.9. The highest BCUT2D eigenvalue weighted by molar-refractivity contribution is 14.1. The molecule has 2 aromatic carbocycles. The molecule has 1 unspecified atom stereocenters. The molecule has 1 heterocycles. The predicted octanol–water partition coefficient (Wildman–Crippen LogP) is 4.34. The largest absolute Gasteiger partial charge is 0.504 e. The Morgan fingerprint density at radius 3 is 2.83 bits per heavy atom. The molecule has 0 spiro atoms. The summed E-state index contributed by atoms with van der Waals surface area (Å²) in [7, 11) is 1.51. The Morgan fingerprint density at radius 1 is 1.29 bits per heavy atom. The number of hydrogen-bond acceptors (Lipinski definition) is 5. The lowest BCUT2D eigenvalue weighted by Gasteiger charge is -2.05. The predicted molar refractivity (Wildman–Crippen MR) is 101 cm³/mol. The topological polar surface area (TPSA) is 78.9 Å². The van der Waals surface area contributed by atoms with E-state index < -0.39 is 0 Å². The van der Waals surface area contributed by atoms with Gasteiger partial charge in [-0.15, -0.1) is 10.2 Å². The lowest BCUT2D eigenvalue weighted by molar-refractivity contribution is 0.371. The molecule has 6 nitrogen and oxygen atoms in total. The maximum absolute atomic E-state index is 9.83. The number of aromatic hydroxyl groups is 1. The number of halogens is 1. The summed E-state index contributed by atoms with van der Waals surface area (Å²) in [4.78, 5) is 0. The fourth-order valence-electron chi connectivity index (χ4n) is 2.30. The average molecular weight is 434 g/mol. The number of phenols is 1. The van der Waals surface area contributed by atoms with Gasteiger partial charge in [-0.2, -0.15) is 10.2 Å². The summed E-state index contributed by atoms with van der Waals surface area (Å²) in [6.45, 7) is 0. The van der Waals surface area contributed by atoms with Gasteiger partial charge in [-0.3, -0.25) is 0 Å². The number of nitrogens with zero attached hydrogens (tertiary/aromatic N) is 4. The van der Waals surface area contributed by atoms with Gasteiger partial charge < -0.3 is 9.84 Å². The third-order valence-electron chi connectivity index (χ3n) is 3.52. The minimum Gasteiger partial charge on any atom is -0.504 e. The first-order valence-electron chi connectivity index (χ1n) is 7.29. The molecular formula is C17H15IN4O2. The van der Waals surface area contributed by atoms with Crippen LogP contribution in [0.4, 0.5) is 0 Å². The van der Waals surface area contributed by atoms with Crippen molar-refractivity contribution >= 4 is 34.6 Å². The van der Waals surface area contributed by atoms with E-state index in [1.165, 1.54) is 7.11 Å². The van der Waals surface area contributed by atoms with Crippen LogP contribution in [0.1, 0.15) is 23.6 Å². The SMILES string of the molecule is COc1cc(/C=N/N=C2/CC(c3ccccc3)N=N2)cc(I)c1O. The minimum atomic E-state index is 0.00913. The smallest absolute Gasteiger partial charge is 0.175 e. The number of methoxy groups -OCH3 is 1. The lowest BCUT2D eigenvalue weighted by atomic mass is 10.1. The molecule has 0 aromatic heterocycles. The van der Waals surface area contributed by atoms with Crippen LogP contribution >= 0.6 is 22.6 Å². The van der Waals surface area contributed by atoms with Gasteiger partial charge in [0, 0.05) is 6.42 Å².